The van der Waals surface area contributed by atoms with Crippen molar-refractivity contribution in [3.8, 4) is 17.1 Å². The van der Waals surface area contributed by atoms with E-state index in [0.29, 0.717) is 33.5 Å². The minimum atomic E-state index is -0.187. The summed E-state index contributed by atoms with van der Waals surface area (Å²) in [6, 6.07) is 11.3. The molecule has 4 rings (SSSR count). The lowest BCUT2D eigenvalue weighted by Crippen LogP contribution is -2.40. The first-order chi connectivity index (χ1) is 14.5. The smallest absolute Gasteiger partial charge is 0.257 e. The second kappa shape index (κ2) is 8.88. The monoisotopic (exact) mass is 425 g/mol. The number of aryl methyl sites for hydroxylation is 2. The van der Waals surface area contributed by atoms with Crippen LogP contribution in [-0.2, 0) is 0 Å². The average Bonchev–Trinajstić information content (AvgIpc) is 3.13. The maximum Gasteiger partial charge on any atom is 0.257 e. The third-order valence-electron chi connectivity index (χ3n) is 5.40. The van der Waals surface area contributed by atoms with Crippen molar-refractivity contribution >= 4 is 17.5 Å². The van der Waals surface area contributed by atoms with Crippen molar-refractivity contribution in [3.63, 3.8) is 0 Å². The van der Waals surface area contributed by atoms with Crippen molar-refractivity contribution in [1.29, 1.82) is 0 Å². The largest absolute Gasteiger partial charge is 0.474 e. The number of hydrogen-bond acceptors (Lipinski definition) is 5. The van der Waals surface area contributed by atoms with Gasteiger partial charge < -0.3 is 14.6 Å². The van der Waals surface area contributed by atoms with Crippen molar-refractivity contribution in [2.24, 2.45) is 0 Å². The predicted molar refractivity (Wildman–Crippen MR) is 115 cm³/mol. The van der Waals surface area contributed by atoms with Gasteiger partial charge in [-0.15, -0.1) is 0 Å². The average molecular weight is 426 g/mol. The first-order valence-electron chi connectivity index (χ1n) is 10.1. The van der Waals surface area contributed by atoms with Crippen LogP contribution in [0.15, 0.2) is 47.1 Å². The van der Waals surface area contributed by atoms with E-state index in [1.165, 1.54) is 0 Å². The van der Waals surface area contributed by atoms with Gasteiger partial charge in [-0.25, -0.2) is 4.98 Å². The van der Waals surface area contributed by atoms with E-state index in [2.05, 4.69) is 15.5 Å². The molecule has 0 radical (unpaired) electrons. The Hall–Kier alpha value is -2.86. The van der Waals surface area contributed by atoms with Gasteiger partial charge in [0.1, 0.15) is 23.1 Å². The Morgan fingerprint density at radius 2 is 1.90 bits per heavy atom. The zero-order chi connectivity index (χ0) is 21.1. The molecule has 156 valence electrons. The highest BCUT2D eigenvalue weighted by Gasteiger charge is 2.28. The number of pyridine rings is 1. The highest BCUT2D eigenvalue weighted by atomic mass is 35.5. The maximum absolute atomic E-state index is 13.0. The Labute approximate surface area is 180 Å². The summed E-state index contributed by atoms with van der Waals surface area (Å²) in [5, 5.41) is 7.74. The quantitative estimate of drug-likeness (QED) is 0.613. The third kappa shape index (κ3) is 4.49. The summed E-state index contributed by atoms with van der Waals surface area (Å²) in [6.45, 7) is 3.74. The number of aromatic nitrogens is 2. The van der Waals surface area contributed by atoms with Crippen molar-refractivity contribution < 1.29 is 14.1 Å². The molecule has 0 aliphatic heterocycles. The van der Waals surface area contributed by atoms with E-state index >= 15 is 0 Å². The zero-order valence-corrected chi connectivity index (χ0v) is 17.8. The van der Waals surface area contributed by atoms with E-state index in [-0.39, 0.29) is 18.1 Å². The molecule has 1 saturated carbocycles. The van der Waals surface area contributed by atoms with Crippen LogP contribution in [0.25, 0.3) is 11.3 Å². The molecule has 6 nitrogen and oxygen atoms in total. The molecule has 0 atom stereocenters. The molecule has 0 saturated heterocycles. The van der Waals surface area contributed by atoms with Gasteiger partial charge in [-0.1, -0.05) is 41.0 Å². The summed E-state index contributed by atoms with van der Waals surface area (Å²) in [5.41, 5.74) is 2.70. The van der Waals surface area contributed by atoms with E-state index in [1.807, 2.05) is 37.3 Å². The van der Waals surface area contributed by atoms with Crippen LogP contribution in [0.4, 0.5) is 0 Å². The molecule has 1 fully saturated rings. The van der Waals surface area contributed by atoms with Crippen LogP contribution in [0, 0.1) is 13.8 Å². The maximum atomic E-state index is 13.0. The fraction of sp³-hybridized carbons (Fsp3) is 0.348. The van der Waals surface area contributed by atoms with Crippen molar-refractivity contribution in [1.82, 2.24) is 15.5 Å². The first-order valence-corrected chi connectivity index (χ1v) is 10.5. The normalized spacial score (nSPS) is 18.8. The summed E-state index contributed by atoms with van der Waals surface area (Å²) in [4.78, 5) is 17.3. The molecule has 1 amide bonds. The lowest BCUT2D eigenvalue weighted by molar-refractivity contribution is 0.0889. The van der Waals surface area contributed by atoms with Gasteiger partial charge in [-0.05, 0) is 51.2 Å². The summed E-state index contributed by atoms with van der Waals surface area (Å²) < 4.78 is 11.3. The predicted octanol–water partition coefficient (Wildman–Crippen LogP) is 5.13. The molecule has 2 aromatic heterocycles. The SMILES string of the molecule is Cc1ccc(OC2CCC(NC(=O)c3c(-c4ccccc4Cl)noc3C)CC2)nc1. The molecule has 30 heavy (non-hydrogen) atoms. The number of carbonyl (C=O) groups excluding carboxylic acids is 1. The minimum Gasteiger partial charge on any atom is -0.474 e. The van der Waals surface area contributed by atoms with Crippen LogP contribution in [0.1, 0.15) is 47.4 Å². The van der Waals surface area contributed by atoms with Gasteiger partial charge in [-0.2, -0.15) is 0 Å². The molecule has 1 aliphatic rings. The molecule has 1 aromatic carbocycles. The number of rotatable bonds is 5. The van der Waals surface area contributed by atoms with Crippen LogP contribution in [0.3, 0.4) is 0 Å². The van der Waals surface area contributed by atoms with Crippen LogP contribution in [0.2, 0.25) is 5.02 Å². The molecule has 2 heterocycles. The number of ether oxygens (including phenoxy) is 1. The molecule has 1 N–H and O–H groups in total. The van der Waals surface area contributed by atoms with E-state index in [9.17, 15) is 4.79 Å². The molecule has 1 aliphatic carbocycles. The third-order valence-corrected chi connectivity index (χ3v) is 5.73. The number of hydrogen-bond donors (Lipinski definition) is 1. The van der Waals surface area contributed by atoms with Crippen LogP contribution >= 0.6 is 11.6 Å². The van der Waals surface area contributed by atoms with E-state index in [0.717, 1.165) is 31.2 Å². The van der Waals surface area contributed by atoms with Crippen molar-refractivity contribution in [2.45, 2.75) is 51.7 Å². The second-order valence-corrected chi connectivity index (χ2v) is 8.09. The fourth-order valence-corrected chi connectivity index (χ4v) is 3.98. The minimum absolute atomic E-state index is 0.0803. The van der Waals surface area contributed by atoms with Gasteiger partial charge in [0.2, 0.25) is 5.88 Å². The topological polar surface area (TPSA) is 77.2 Å². The summed E-state index contributed by atoms with van der Waals surface area (Å²) in [6.07, 6.45) is 5.33. The second-order valence-electron chi connectivity index (χ2n) is 7.68. The number of halogens is 1. The zero-order valence-electron chi connectivity index (χ0n) is 17.0. The van der Waals surface area contributed by atoms with Crippen LogP contribution in [0.5, 0.6) is 5.88 Å². The number of benzene rings is 1. The Bertz CT molecular complexity index is 1020. The first kappa shape index (κ1) is 20.4. The summed E-state index contributed by atoms with van der Waals surface area (Å²) in [5.74, 6) is 0.940. The molecule has 0 bridgehead atoms. The lowest BCUT2D eigenvalue weighted by atomic mass is 9.92. The molecule has 3 aromatic rings. The van der Waals surface area contributed by atoms with Crippen LogP contribution < -0.4 is 10.1 Å². The van der Waals surface area contributed by atoms with Gasteiger partial charge >= 0.3 is 0 Å². The number of carbonyl (C=O) groups is 1. The Balaban J connectivity index is 1.38. The van der Waals surface area contributed by atoms with Crippen molar-refractivity contribution in [2.75, 3.05) is 0 Å². The van der Waals surface area contributed by atoms with E-state index in [4.69, 9.17) is 20.9 Å². The Kier molecular flexibility index (Phi) is 6.04. The number of amides is 1. The standard InChI is InChI=1S/C23H24ClN3O3/c1-14-7-12-20(25-13-14)29-17-10-8-16(9-11-17)26-23(28)21-15(2)30-27-22(21)18-5-3-4-6-19(18)24/h3-7,12-13,16-17H,8-11H2,1-2H3,(H,26,28). The Morgan fingerprint density at radius 1 is 1.13 bits per heavy atom. The fourth-order valence-electron chi connectivity index (χ4n) is 3.75. The molecule has 0 spiro atoms. The highest BCUT2D eigenvalue weighted by Crippen LogP contribution is 2.31. The van der Waals surface area contributed by atoms with E-state index < -0.39 is 0 Å². The number of nitrogens with one attached hydrogen (secondary N) is 1. The molecule has 0 unspecified atom stereocenters. The highest BCUT2D eigenvalue weighted by molar-refractivity contribution is 6.33. The van der Waals surface area contributed by atoms with Gasteiger partial charge in [0.15, 0.2) is 0 Å². The van der Waals surface area contributed by atoms with Crippen molar-refractivity contribution in [3.05, 3.63) is 64.5 Å². The lowest BCUT2D eigenvalue weighted by Gasteiger charge is -2.29. The van der Waals surface area contributed by atoms with Gasteiger partial charge in [-0.3, -0.25) is 4.79 Å². The number of nitrogens with zero attached hydrogens (tertiary/aromatic N) is 2. The molecular formula is C23H24ClN3O3. The Morgan fingerprint density at radius 3 is 2.60 bits per heavy atom. The summed E-state index contributed by atoms with van der Waals surface area (Å²) in [7, 11) is 0. The van der Waals surface area contributed by atoms with Gasteiger partial charge in [0, 0.05) is 23.9 Å². The summed E-state index contributed by atoms with van der Waals surface area (Å²) >= 11 is 6.30. The van der Waals surface area contributed by atoms with Crippen LogP contribution in [-0.4, -0.2) is 28.2 Å². The van der Waals surface area contributed by atoms with E-state index in [1.54, 1.807) is 19.2 Å². The molecular weight excluding hydrogens is 402 g/mol. The molecule has 7 heteroatoms. The van der Waals surface area contributed by atoms with Gasteiger partial charge in [0.25, 0.3) is 5.91 Å². The van der Waals surface area contributed by atoms with Gasteiger partial charge in [0.05, 0.1) is 5.02 Å².